The van der Waals surface area contributed by atoms with Crippen molar-refractivity contribution in [1.29, 1.82) is 0 Å². The summed E-state index contributed by atoms with van der Waals surface area (Å²) in [6, 6.07) is 3.68. The minimum atomic E-state index is -3.52. The second-order valence-corrected chi connectivity index (χ2v) is 6.95. The van der Waals surface area contributed by atoms with Crippen molar-refractivity contribution in [3.05, 3.63) is 28.8 Å². The number of carbonyl (C=O) groups is 1. The topological polar surface area (TPSA) is 92.7 Å². The van der Waals surface area contributed by atoms with E-state index in [1.54, 1.807) is 0 Å². The maximum absolute atomic E-state index is 12.1. The average molecular weight is 336 g/mol. The highest BCUT2D eigenvalue weighted by molar-refractivity contribution is 7.90. The van der Waals surface area contributed by atoms with Crippen LogP contribution in [0.2, 0.25) is 5.02 Å². The van der Waals surface area contributed by atoms with Crippen molar-refractivity contribution in [1.82, 2.24) is 5.32 Å². The van der Waals surface area contributed by atoms with Gasteiger partial charge in [-0.3, -0.25) is 4.79 Å². The molecular formula is C13H18ClNO5S. The Morgan fingerprint density at radius 3 is 2.67 bits per heavy atom. The van der Waals surface area contributed by atoms with Gasteiger partial charge in [0, 0.05) is 25.5 Å². The Morgan fingerprint density at radius 2 is 2.14 bits per heavy atom. The molecule has 118 valence electrons. The van der Waals surface area contributed by atoms with Gasteiger partial charge in [0.1, 0.15) is 0 Å². The summed E-state index contributed by atoms with van der Waals surface area (Å²) >= 11 is 5.83. The van der Waals surface area contributed by atoms with Crippen LogP contribution in [0.4, 0.5) is 0 Å². The molecule has 0 heterocycles. The van der Waals surface area contributed by atoms with Gasteiger partial charge in [0.15, 0.2) is 9.84 Å². The fourth-order valence-corrected chi connectivity index (χ4v) is 3.05. The second-order valence-electron chi connectivity index (χ2n) is 4.56. The number of rotatable bonds is 7. The summed E-state index contributed by atoms with van der Waals surface area (Å²) in [6.07, 6.45) is 1.36. The Morgan fingerprint density at radius 1 is 1.48 bits per heavy atom. The van der Waals surface area contributed by atoms with E-state index in [9.17, 15) is 13.2 Å². The Bertz CT molecular complexity index is 597. The summed E-state index contributed by atoms with van der Waals surface area (Å²) in [5.41, 5.74) is 0.180. The van der Waals surface area contributed by atoms with Crippen LogP contribution in [-0.2, 0) is 14.6 Å². The number of amides is 1. The molecule has 0 aromatic heterocycles. The van der Waals surface area contributed by atoms with E-state index in [0.29, 0.717) is 6.42 Å². The van der Waals surface area contributed by atoms with Crippen LogP contribution in [0.5, 0.6) is 0 Å². The SMILES string of the molecule is COCC(CCO)NC(=O)c1ccc(Cl)c(S(C)(=O)=O)c1. The van der Waals surface area contributed by atoms with Crippen LogP contribution in [-0.4, -0.2) is 52.1 Å². The van der Waals surface area contributed by atoms with Crippen LogP contribution in [0.1, 0.15) is 16.8 Å². The van der Waals surface area contributed by atoms with E-state index in [1.807, 2.05) is 0 Å². The number of hydrogen-bond donors (Lipinski definition) is 2. The first kappa shape index (κ1) is 17.9. The van der Waals surface area contributed by atoms with E-state index in [0.717, 1.165) is 6.26 Å². The molecule has 0 bridgehead atoms. The smallest absolute Gasteiger partial charge is 0.251 e. The average Bonchev–Trinajstić information content (AvgIpc) is 2.38. The first-order valence-electron chi connectivity index (χ1n) is 6.20. The summed E-state index contributed by atoms with van der Waals surface area (Å²) in [5.74, 6) is -0.452. The highest BCUT2D eigenvalue weighted by atomic mass is 35.5. The Balaban J connectivity index is 2.97. The molecule has 0 saturated carbocycles. The van der Waals surface area contributed by atoms with E-state index in [4.69, 9.17) is 21.4 Å². The quantitative estimate of drug-likeness (QED) is 0.771. The molecule has 0 aliphatic rings. The van der Waals surface area contributed by atoms with E-state index in [-0.39, 0.29) is 34.7 Å². The van der Waals surface area contributed by atoms with E-state index in [2.05, 4.69) is 5.32 Å². The lowest BCUT2D eigenvalue weighted by Crippen LogP contribution is -2.38. The van der Waals surface area contributed by atoms with E-state index < -0.39 is 15.7 Å². The molecule has 0 aliphatic carbocycles. The van der Waals surface area contributed by atoms with Gasteiger partial charge in [-0.15, -0.1) is 0 Å². The molecule has 0 fully saturated rings. The normalized spacial score (nSPS) is 13.0. The predicted molar refractivity (Wildman–Crippen MR) is 79.4 cm³/mol. The van der Waals surface area contributed by atoms with Gasteiger partial charge in [-0.05, 0) is 24.6 Å². The highest BCUT2D eigenvalue weighted by Gasteiger charge is 2.18. The first-order chi connectivity index (χ1) is 9.79. The van der Waals surface area contributed by atoms with Crippen molar-refractivity contribution in [3.8, 4) is 0 Å². The second kappa shape index (κ2) is 7.74. The third kappa shape index (κ3) is 5.28. The molecule has 0 radical (unpaired) electrons. The summed E-state index contributed by atoms with van der Waals surface area (Å²) < 4.78 is 28.1. The van der Waals surface area contributed by atoms with Gasteiger partial charge in [-0.1, -0.05) is 11.6 Å². The van der Waals surface area contributed by atoms with Crippen molar-refractivity contribution in [2.24, 2.45) is 0 Å². The van der Waals surface area contributed by atoms with Crippen LogP contribution in [0, 0.1) is 0 Å². The largest absolute Gasteiger partial charge is 0.396 e. The molecule has 1 amide bonds. The molecule has 6 nitrogen and oxygen atoms in total. The molecule has 0 spiro atoms. The minimum absolute atomic E-state index is 0.0675. The molecule has 1 atom stereocenters. The molecule has 2 N–H and O–H groups in total. The number of aliphatic hydroxyl groups is 1. The maximum Gasteiger partial charge on any atom is 0.251 e. The third-order valence-electron chi connectivity index (χ3n) is 2.77. The van der Waals surface area contributed by atoms with Gasteiger partial charge in [0.05, 0.1) is 22.6 Å². The fourth-order valence-electron chi connectivity index (χ4n) is 1.75. The molecule has 8 heteroatoms. The number of sulfone groups is 1. The zero-order valence-corrected chi connectivity index (χ0v) is 13.4. The summed E-state index contributed by atoms with van der Waals surface area (Å²) in [7, 11) is -2.03. The molecule has 1 aromatic carbocycles. The lowest BCUT2D eigenvalue weighted by Gasteiger charge is -2.17. The standard InChI is InChI=1S/C13H18ClNO5S/c1-20-8-10(5-6-16)15-13(17)9-3-4-11(14)12(7-9)21(2,18)19/h3-4,7,10,16H,5-6,8H2,1-2H3,(H,15,17). The predicted octanol–water partition coefficient (Wildman–Crippen LogP) is 0.871. The lowest BCUT2D eigenvalue weighted by atomic mass is 10.1. The van der Waals surface area contributed by atoms with Crippen molar-refractivity contribution in [2.75, 3.05) is 26.6 Å². The molecule has 1 unspecified atom stereocenters. The van der Waals surface area contributed by atoms with Crippen molar-refractivity contribution < 1.29 is 23.1 Å². The summed E-state index contributed by atoms with van der Waals surface area (Å²) in [5, 5.41) is 11.7. The van der Waals surface area contributed by atoms with Crippen molar-refractivity contribution in [3.63, 3.8) is 0 Å². The fraction of sp³-hybridized carbons (Fsp3) is 0.462. The van der Waals surface area contributed by atoms with E-state index >= 15 is 0 Å². The molecule has 0 saturated heterocycles. The first-order valence-corrected chi connectivity index (χ1v) is 8.46. The molecule has 1 rings (SSSR count). The summed E-state index contributed by atoms with van der Waals surface area (Å²) in [4.78, 5) is 12.0. The van der Waals surface area contributed by atoms with Crippen LogP contribution in [0.25, 0.3) is 0 Å². The van der Waals surface area contributed by atoms with Crippen molar-refractivity contribution in [2.45, 2.75) is 17.4 Å². The lowest BCUT2D eigenvalue weighted by molar-refractivity contribution is 0.0878. The monoisotopic (exact) mass is 335 g/mol. The molecular weight excluding hydrogens is 318 g/mol. The van der Waals surface area contributed by atoms with Crippen molar-refractivity contribution >= 4 is 27.3 Å². The number of benzene rings is 1. The number of carbonyl (C=O) groups excluding carboxylic acids is 1. The number of methoxy groups -OCH3 is 1. The number of ether oxygens (including phenoxy) is 1. The van der Waals surface area contributed by atoms with Crippen LogP contribution in [0.3, 0.4) is 0 Å². The van der Waals surface area contributed by atoms with Gasteiger partial charge in [0.2, 0.25) is 0 Å². The third-order valence-corrected chi connectivity index (χ3v) is 4.35. The van der Waals surface area contributed by atoms with Gasteiger partial charge < -0.3 is 15.2 Å². The maximum atomic E-state index is 12.1. The van der Waals surface area contributed by atoms with Gasteiger partial charge in [-0.25, -0.2) is 8.42 Å². The Labute approximate surface area is 129 Å². The Kier molecular flexibility index (Phi) is 6.60. The van der Waals surface area contributed by atoms with Crippen LogP contribution in [0.15, 0.2) is 23.1 Å². The molecule has 21 heavy (non-hydrogen) atoms. The number of nitrogens with one attached hydrogen (secondary N) is 1. The van der Waals surface area contributed by atoms with Crippen LogP contribution >= 0.6 is 11.6 Å². The highest BCUT2D eigenvalue weighted by Crippen LogP contribution is 2.22. The van der Waals surface area contributed by atoms with Gasteiger partial charge in [-0.2, -0.15) is 0 Å². The van der Waals surface area contributed by atoms with Gasteiger partial charge in [0.25, 0.3) is 5.91 Å². The zero-order chi connectivity index (χ0) is 16.0. The summed E-state index contributed by atoms with van der Waals surface area (Å²) in [6.45, 7) is 0.155. The Hall–Kier alpha value is -1.15. The van der Waals surface area contributed by atoms with E-state index in [1.165, 1.54) is 25.3 Å². The zero-order valence-electron chi connectivity index (χ0n) is 11.8. The number of hydrogen-bond acceptors (Lipinski definition) is 5. The molecule has 1 aromatic rings. The van der Waals surface area contributed by atoms with Gasteiger partial charge >= 0.3 is 0 Å². The number of aliphatic hydroxyl groups excluding tert-OH is 1. The van der Waals surface area contributed by atoms with Crippen LogP contribution < -0.4 is 5.32 Å². The molecule has 0 aliphatic heterocycles. The minimum Gasteiger partial charge on any atom is -0.396 e. The number of halogens is 1.